The van der Waals surface area contributed by atoms with Crippen molar-refractivity contribution in [3.8, 4) is 0 Å². The van der Waals surface area contributed by atoms with E-state index in [0.717, 1.165) is 25.1 Å². The SMILES string of the molecule is CCCS(=O)(=O)N1CCC(NCc2cnc[nH]2)CC1. The molecule has 0 unspecified atom stereocenters. The van der Waals surface area contributed by atoms with Gasteiger partial charge in [0.05, 0.1) is 12.1 Å². The van der Waals surface area contributed by atoms with E-state index in [9.17, 15) is 8.42 Å². The Balaban J connectivity index is 1.76. The van der Waals surface area contributed by atoms with Crippen LogP contribution in [0.15, 0.2) is 12.5 Å². The maximum absolute atomic E-state index is 11.9. The molecular weight excluding hydrogens is 264 g/mol. The molecule has 1 aliphatic heterocycles. The van der Waals surface area contributed by atoms with Crippen molar-refractivity contribution in [2.45, 2.75) is 38.8 Å². The third-order valence-electron chi connectivity index (χ3n) is 3.45. The van der Waals surface area contributed by atoms with Gasteiger partial charge in [0.15, 0.2) is 0 Å². The molecule has 1 aromatic rings. The molecule has 1 aromatic heterocycles. The van der Waals surface area contributed by atoms with Gasteiger partial charge >= 0.3 is 0 Å². The van der Waals surface area contributed by atoms with Gasteiger partial charge < -0.3 is 10.3 Å². The van der Waals surface area contributed by atoms with Crippen LogP contribution in [-0.2, 0) is 16.6 Å². The molecule has 0 saturated carbocycles. The maximum Gasteiger partial charge on any atom is 0.214 e. The van der Waals surface area contributed by atoms with E-state index in [0.29, 0.717) is 25.6 Å². The third-order valence-corrected chi connectivity index (χ3v) is 5.52. The molecule has 0 amide bonds. The fourth-order valence-electron chi connectivity index (χ4n) is 2.36. The molecule has 6 nitrogen and oxygen atoms in total. The molecular formula is C12H22N4O2S. The maximum atomic E-state index is 11.9. The van der Waals surface area contributed by atoms with Crippen molar-refractivity contribution in [3.05, 3.63) is 18.2 Å². The average molecular weight is 286 g/mol. The first kappa shape index (κ1) is 14.5. The van der Waals surface area contributed by atoms with Crippen LogP contribution >= 0.6 is 0 Å². The summed E-state index contributed by atoms with van der Waals surface area (Å²) in [5.74, 6) is 0.263. The molecule has 1 aliphatic rings. The van der Waals surface area contributed by atoms with Crippen molar-refractivity contribution in [2.75, 3.05) is 18.8 Å². The van der Waals surface area contributed by atoms with E-state index >= 15 is 0 Å². The van der Waals surface area contributed by atoms with Gasteiger partial charge in [0, 0.05) is 37.6 Å². The smallest absolute Gasteiger partial charge is 0.214 e. The Bertz CT molecular complexity index is 464. The van der Waals surface area contributed by atoms with E-state index in [1.807, 2.05) is 6.92 Å². The van der Waals surface area contributed by atoms with Gasteiger partial charge in [-0.15, -0.1) is 0 Å². The number of hydrogen-bond donors (Lipinski definition) is 2. The van der Waals surface area contributed by atoms with Crippen molar-refractivity contribution in [2.24, 2.45) is 0 Å². The van der Waals surface area contributed by atoms with Crippen LogP contribution in [0.1, 0.15) is 31.9 Å². The molecule has 0 radical (unpaired) electrons. The van der Waals surface area contributed by atoms with E-state index in [-0.39, 0.29) is 5.75 Å². The molecule has 0 atom stereocenters. The number of aromatic amines is 1. The van der Waals surface area contributed by atoms with Crippen LogP contribution < -0.4 is 5.32 Å². The second-order valence-electron chi connectivity index (χ2n) is 4.95. The van der Waals surface area contributed by atoms with E-state index < -0.39 is 10.0 Å². The number of imidazole rings is 1. The highest BCUT2D eigenvalue weighted by Crippen LogP contribution is 2.15. The molecule has 108 valence electrons. The monoisotopic (exact) mass is 286 g/mol. The zero-order chi connectivity index (χ0) is 13.7. The van der Waals surface area contributed by atoms with E-state index in [1.54, 1.807) is 16.8 Å². The third kappa shape index (κ3) is 4.02. The Morgan fingerprint density at radius 3 is 2.79 bits per heavy atom. The Hall–Kier alpha value is -0.920. The Morgan fingerprint density at radius 2 is 2.21 bits per heavy atom. The van der Waals surface area contributed by atoms with Gasteiger partial charge in [-0.25, -0.2) is 17.7 Å². The number of aromatic nitrogens is 2. The minimum atomic E-state index is -3.03. The van der Waals surface area contributed by atoms with Crippen molar-refractivity contribution < 1.29 is 8.42 Å². The molecule has 1 saturated heterocycles. The summed E-state index contributed by atoms with van der Waals surface area (Å²) in [7, 11) is -3.03. The molecule has 1 fully saturated rings. The van der Waals surface area contributed by atoms with E-state index in [4.69, 9.17) is 0 Å². The zero-order valence-electron chi connectivity index (χ0n) is 11.3. The van der Waals surface area contributed by atoms with Gasteiger partial charge in [0.2, 0.25) is 10.0 Å². The first-order valence-corrected chi connectivity index (χ1v) is 8.41. The molecule has 2 heterocycles. The summed E-state index contributed by atoms with van der Waals surface area (Å²) in [6.45, 7) is 3.91. The summed E-state index contributed by atoms with van der Waals surface area (Å²) in [5.41, 5.74) is 1.06. The Kier molecular flexibility index (Phi) is 4.95. The van der Waals surface area contributed by atoms with Gasteiger partial charge in [-0.3, -0.25) is 0 Å². The van der Waals surface area contributed by atoms with Gasteiger partial charge in [0.25, 0.3) is 0 Å². The molecule has 0 aliphatic carbocycles. The van der Waals surface area contributed by atoms with Gasteiger partial charge in [-0.1, -0.05) is 6.92 Å². The minimum Gasteiger partial charge on any atom is -0.347 e. The lowest BCUT2D eigenvalue weighted by Gasteiger charge is -2.31. The van der Waals surface area contributed by atoms with Crippen LogP contribution in [0.3, 0.4) is 0 Å². The predicted octanol–water partition coefficient (Wildman–Crippen LogP) is 0.703. The minimum absolute atomic E-state index is 0.263. The molecule has 0 spiro atoms. The second kappa shape index (κ2) is 6.49. The van der Waals surface area contributed by atoms with E-state index in [2.05, 4.69) is 15.3 Å². The molecule has 2 N–H and O–H groups in total. The molecule has 7 heteroatoms. The van der Waals surface area contributed by atoms with Gasteiger partial charge in [-0.2, -0.15) is 0 Å². The number of sulfonamides is 1. The highest BCUT2D eigenvalue weighted by molar-refractivity contribution is 7.89. The normalized spacial score (nSPS) is 18.8. The number of rotatable bonds is 6. The lowest BCUT2D eigenvalue weighted by atomic mass is 10.1. The van der Waals surface area contributed by atoms with Gasteiger partial charge in [0.1, 0.15) is 0 Å². The molecule has 19 heavy (non-hydrogen) atoms. The summed E-state index contributed by atoms with van der Waals surface area (Å²) in [6, 6.07) is 0.386. The lowest BCUT2D eigenvalue weighted by molar-refractivity contribution is 0.288. The Labute approximate surface area is 114 Å². The average Bonchev–Trinajstić information content (AvgIpc) is 2.90. The highest BCUT2D eigenvalue weighted by Gasteiger charge is 2.26. The van der Waals surface area contributed by atoms with Crippen LogP contribution in [0.4, 0.5) is 0 Å². The fourth-order valence-corrected chi connectivity index (χ4v) is 3.90. The number of hydrogen-bond acceptors (Lipinski definition) is 4. The van der Waals surface area contributed by atoms with Crippen molar-refractivity contribution in [3.63, 3.8) is 0 Å². The number of H-pyrrole nitrogens is 1. The highest BCUT2D eigenvalue weighted by atomic mass is 32.2. The standard InChI is InChI=1S/C12H22N4O2S/c1-2-7-19(17,18)16-5-3-11(4-6-16)14-9-12-8-13-10-15-12/h8,10-11,14H,2-7,9H2,1H3,(H,13,15). The van der Waals surface area contributed by atoms with Crippen LogP contribution in [0.5, 0.6) is 0 Å². The zero-order valence-corrected chi connectivity index (χ0v) is 12.1. The topological polar surface area (TPSA) is 78.1 Å². The summed E-state index contributed by atoms with van der Waals surface area (Å²) >= 11 is 0. The van der Waals surface area contributed by atoms with Crippen LogP contribution in [-0.4, -0.2) is 47.6 Å². The van der Waals surface area contributed by atoms with Crippen LogP contribution in [0, 0.1) is 0 Å². The quantitative estimate of drug-likeness (QED) is 0.807. The molecule has 2 rings (SSSR count). The molecule has 0 aromatic carbocycles. The number of nitrogens with zero attached hydrogens (tertiary/aromatic N) is 2. The summed E-state index contributed by atoms with van der Waals surface area (Å²) < 4.78 is 25.5. The van der Waals surface area contributed by atoms with Crippen molar-refractivity contribution >= 4 is 10.0 Å². The number of piperidine rings is 1. The van der Waals surface area contributed by atoms with Crippen LogP contribution in [0.2, 0.25) is 0 Å². The van der Waals surface area contributed by atoms with Crippen molar-refractivity contribution in [1.29, 1.82) is 0 Å². The first-order valence-electron chi connectivity index (χ1n) is 6.80. The first-order chi connectivity index (χ1) is 9.12. The second-order valence-corrected chi connectivity index (χ2v) is 7.04. The van der Waals surface area contributed by atoms with Crippen molar-refractivity contribution in [1.82, 2.24) is 19.6 Å². The van der Waals surface area contributed by atoms with E-state index in [1.165, 1.54) is 0 Å². The lowest BCUT2D eigenvalue weighted by Crippen LogP contribution is -2.45. The summed E-state index contributed by atoms with van der Waals surface area (Å²) in [6.07, 6.45) is 5.89. The fraction of sp³-hybridized carbons (Fsp3) is 0.750. The molecule has 0 bridgehead atoms. The van der Waals surface area contributed by atoms with Crippen LogP contribution in [0.25, 0.3) is 0 Å². The summed E-state index contributed by atoms with van der Waals surface area (Å²) in [4.78, 5) is 7.01. The largest absolute Gasteiger partial charge is 0.347 e. The van der Waals surface area contributed by atoms with Gasteiger partial charge in [-0.05, 0) is 19.3 Å². The Morgan fingerprint density at radius 1 is 1.47 bits per heavy atom. The number of nitrogens with one attached hydrogen (secondary N) is 2. The summed E-state index contributed by atoms with van der Waals surface area (Å²) in [5, 5.41) is 3.44. The predicted molar refractivity (Wildman–Crippen MR) is 74.1 cm³/mol.